The van der Waals surface area contributed by atoms with Crippen molar-refractivity contribution in [2.75, 3.05) is 38.2 Å². The van der Waals surface area contributed by atoms with E-state index >= 15 is 0 Å². The van der Waals surface area contributed by atoms with Crippen LogP contribution in [-0.4, -0.2) is 55.7 Å². The molecule has 0 aromatic heterocycles. The van der Waals surface area contributed by atoms with Gasteiger partial charge in [0.1, 0.15) is 5.82 Å². The van der Waals surface area contributed by atoms with Crippen molar-refractivity contribution in [2.24, 2.45) is 0 Å². The Balaban J connectivity index is 1.95. The molecule has 24 heavy (non-hydrogen) atoms. The highest BCUT2D eigenvalue weighted by Crippen LogP contribution is 2.16. The number of benzene rings is 1. The molecule has 1 N–H and O–H groups in total. The molecular weight excluding hydrogens is 315 g/mol. The molecule has 0 saturated carbocycles. The van der Waals surface area contributed by atoms with Crippen molar-refractivity contribution in [1.82, 2.24) is 4.90 Å². The van der Waals surface area contributed by atoms with E-state index in [4.69, 9.17) is 9.47 Å². The molecule has 6 nitrogen and oxygen atoms in total. The first-order valence-electron chi connectivity index (χ1n) is 8.03. The van der Waals surface area contributed by atoms with Crippen LogP contribution in [-0.2, 0) is 19.1 Å². The lowest BCUT2D eigenvalue weighted by Gasteiger charge is -2.34. The molecule has 1 aromatic rings. The van der Waals surface area contributed by atoms with Crippen molar-refractivity contribution >= 4 is 17.6 Å². The van der Waals surface area contributed by atoms with Crippen molar-refractivity contribution in [3.05, 3.63) is 29.6 Å². The second-order valence-corrected chi connectivity index (χ2v) is 5.74. The predicted molar refractivity (Wildman–Crippen MR) is 87.2 cm³/mol. The molecule has 0 aliphatic carbocycles. The Morgan fingerprint density at radius 2 is 2.25 bits per heavy atom. The monoisotopic (exact) mass is 338 g/mol. The number of carbonyl (C=O) groups is 2. The van der Waals surface area contributed by atoms with Gasteiger partial charge in [-0.3, -0.25) is 14.5 Å². The number of hydrogen-bond donors (Lipinski definition) is 1. The third-order valence-corrected chi connectivity index (χ3v) is 3.80. The Hall–Kier alpha value is -1.99. The molecule has 0 radical (unpaired) electrons. The van der Waals surface area contributed by atoms with Crippen molar-refractivity contribution in [2.45, 2.75) is 26.3 Å². The molecule has 1 aliphatic rings. The maximum atomic E-state index is 13.7. The van der Waals surface area contributed by atoms with Gasteiger partial charge in [-0.05, 0) is 31.5 Å². The molecule has 0 bridgehead atoms. The molecule has 2 rings (SSSR count). The van der Waals surface area contributed by atoms with Crippen LogP contribution in [0.4, 0.5) is 10.1 Å². The lowest BCUT2D eigenvalue weighted by atomic mass is 10.1. The summed E-state index contributed by atoms with van der Waals surface area (Å²) in [5.74, 6) is -1.11. The fourth-order valence-corrected chi connectivity index (χ4v) is 2.61. The first-order chi connectivity index (χ1) is 11.5. The number of amides is 1. The number of anilines is 1. The van der Waals surface area contributed by atoms with E-state index in [0.717, 1.165) is 5.56 Å². The van der Waals surface area contributed by atoms with Crippen LogP contribution in [0.2, 0.25) is 0 Å². The van der Waals surface area contributed by atoms with E-state index < -0.39 is 5.82 Å². The maximum absolute atomic E-state index is 13.7. The van der Waals surface area contributed by atoms with Crippen LogP contribution in [0.1, 0.15) is 18.9 Å². The summed E-state index contributed by atoms with van der Waals surface area (Å²) in [7, 11) is 0. The number of hydrogen-bond acceptors (Lipinski definition) is 5. The average Bonchev–Trinajstić information content (AvgIpc) is 2.53. The average molecular weight is 338 g/mol. The van der Waals surface area contributed by atoms with Crippen molar-refractivity contribution in [3.8, 4) is 0 Å². The van der Waals surface area contributed by atoms with Gasteiger partial charge in [0.15, 0.2) is 0 Å². The highest BCUT2D eigenvalue weighted by atomic mass is 19.1. The Morgan fingerprint density at radius 3 is 3.00 bits per heavy atom. The van der Waals surface area contributed by atoms with Gasteiger partial charge in [-0.15, -0.1) is 0 Å². The summed E-state index contributed by atoms with van der Waals surface area (Å²) in [6.45, 7) is 5.35. The number of nitrogens with zero attached hydrogens (tertiary/aromatic N) is 1. The summed E-state index contributed by atoms with van der Waals surface area (Å²) >= 11 is 0. The quantitative estimate of drug-likeness (QED) is 0.800. The van der Waals surface area contributed by atoms with E-state index in [9.17, 15) is 14.0 Å². The van der Waals surface area contributed by atoms with E-state index in [0.29, 0.717) is 26.4 Å². The van der Waals surface area contributed by atoms with E-state index in [1.807, 2.05) is 11.8 Å². The lowest BCUT2D eigenvalue weighted by Crippen LogP contribution is -2.49. The Kier molecular flexibility index (Phi) is 6.69. The summed E-state index contributed by atoms with van der Waals surface area (Å²) in [5, 5.41) is 2.58. The third-order valence-electron chi connectivity index (χ3n) is 3.80. The van der Waals surface area contributed by atoms with Crippen LogP contribution in [0.25, 0.3) is 0 Å². The van der Waals surface area contributed by atoms with E-state index in [1.54, 1.807) is 19.1 Å². The normalized spacial score (nSPS) is 18.2. The topological polar surface area (TPSA) is 67.9 Å². The van der Waals surface area contributed by atoms with Gasteiger partial charge in [-0.1, -0.05) is 6.07 Å². The summed E-state index contributed by atoms with van der Waals surface area (Å²) in [6.07, 6.45) is 0.167. The molecule has 1 amide bonds. The first-order valence-corrected chi connectivity index (χ1v) is 8.03. The summed E-state index contributed by atoms with van der Waals surface area (Å²) in [4.78, 5) is 25.8. The highest BCUT2D eigenvalue weighted by molar-refractivity contribution is 5.92. The van der Waals surface area contributed by atoms with Gasteiger partial charge in [0.25, 0.3) is 0 Å². The predicted octanol–water partition coefficient (Wildman–Crippen LogP) is 1.73. The third kappa shape index (κ3) is 5.28. The van der Waals surface area contributed by atoms with Gasteiger partial charge in [0, 0.05) is 12.6 Å². The number of aryl methyl sites for hydroxylation is 1. The van der Waals surface area contributed by atoms with Gasteiger partial charge in [0.2, 0.25) is 5.91 Å². The molecule has 1 aromatic carbocycles. The second kappa shape index (κ2) is 8.75. The van der Waals surface area contributed by atoms with Gasteiger partial charge in [-0.25, -0.2) is 4.39 Å². The minimum absolute atomic E-state index is 0.0703. The molecule has 0 unspecified atom stereocenters. The first kappa shape index (κ1) is 18.4. The zero-order valence-corrected chi connectivity index (χ0v) is 14.0. The number of rotatable bonds is 6. The van der Waals surface area contributed by atoms with Gasteiger partial charge >= 0.3 is 5.97 Å². The Morgan fingerprint density at radius 1 is 1.46 bits per heavy atom. The van der Waals surface area contributed by atoms with Crippen LogP contribution < -0.4 is 5.32 Å². The molecule has 1 atom stereocenters. The van der Waals surface area contributed by atoms with Crippen LogP contribution in [0, 0.1) is 12.7 Å². The van der Waals surface area contributed by atoms with Gasteiger partial charge in [-0.2, -0.15) is 0 Å². The minimum Gasteiger partial charge on any atom is -0.466 e. The second-order valence-electron chi connectivity index (χ2n) is 5.74. The summed E-state index contributed by atoms with van der Waals surface area (Å²) in [5.41, 5.74) is 1.02. The molecule has 0 spiro atoms. The molecule has 7 heteroatoms. The van der Waals surface area contributed by atoms with Gasteiger partial charge in [0.05, 0.1) is 38.5 Å². The van der Waals surface area contributed by atoms with Crippen molar-refractivity contribution in [3.63, 3.8) is 0 Å². The maximum Gasteiger partial charge on any atom is 0.307 e. The van der Waals surface area contributed by atoms with Gasteiger partial charge < -0.3 is 14.8 Å². The molecule has 1 saturated heterocycles. The molecule has 1 heterocycles. The number of nitrogens with one attached hydrogen (secondary N) is 1. The zero-order valence-electron chi connectivity index (χ0n) is 14.0. The number of carbonyl (C=O) groups excluding carboxylic acids is 2. The van der Waals surface area contributed by atoms with Crippen LogP contribution in [0.3, 0.4) is 0 Å². The summed E-state index contributed by atoms with van der Waals surface area (Å²) < 4.78 is 24.1. The lowest BCUT2D eigenvalue weighted by molar-refractivity contribution is -0.146. The summed E-state index contributed by atoms with van der Waals surface area (Å²) in [6, 6.07) is 4.33. The van der Waals surface area contributed by atoms with Crippen LogP contribution in [0.15, 0.2) is 18.2 Å². The molecule has 1 aliphatic heterocycles. The van der Waals surface area contributed by atoms with E-state index in [-0.39, 0.29) is 36.6 Å². The minimum atomic E-state index is -0.473. The molecule has 1 fully saturated rings. The Bertz CT molecular complexity index is 594. The number of morpholine rings is 1. The van der Waals surface area contributed by atoms with Crippen LogP contribution in [0.5, 0.6) is 0 Å². The van der Waals surface area contributed by atoms with Crippen molar-refractivity contribution < 1.29 is 23.5 Å². The Labute approximate surface area is 140 Å². The fourth-order valence-electron chi connectivity index (χ4n) is 2.61. The smallest absolute Gasteiger partial charge is 0.307 e. The standard InChI is InChI=1S/C17H23FN2O4/c1-3-24-17(22)9-13-11-23-7-6-20(13)10-16(21)19-15-8-12(2)4-5-14(15)18/h4-5,8,13H,3,6-7,9-11H2,1-2H3,(H,19,21)/t13-/m0/s1. The number of esters is 1. The van der Waals surface area contributed by atoms with Crippen LogP contribution >= 0.6 is 0 Å². The van der Waals surface area contributed by atoms with Crippen molar-refractivity contribution in [1.29, 1.82) is 0 Å². The van der Waals surface area contributed by atoms with E-state index in [1.165, 1.54) is 6.07 Å². The number of halogens is 1. The molecule has 132 valence electrons. The van der Waals surface area contributed by atoms with E-state index in [2.05, 4.69) is 5.32 Å². The highest BCUT2D eigenvalue weighted by Gasteiger charge is 2.27. The zero-order chi connectivity index (χ0) is 17.5. The number of ether oxygens (including phenoxy) is 2. The largest absolute Gasteiger partial charge is 0.466 e. The molecular formula is C17H23FN2O4. The fraction of sp³-hybridized carbons (Fsp3) is 0.529. The SMILES string of the molecule is CCOC(=O)C[C@H]1COCCN1CC(=O)Nc1cc(C)ccc1F.